The maximum Gasteiger partial charge on any atom is 0.191 e. The van der Waals surface area contributed by atoms with Crippen molar-refractivity contribution in [3.63, 3.8) is 0 Å². The molecule has 0 fully saturated rings. The molecule has 0 heterocycles. The van der Waals surface area contributed by atoms with Crippen molar-refractivity contribution < 1.29 is 9.47 Å². The minimum Gasteiger partial charge on any atom is -0.493 e. The molecule has 5 nitrogen and oxygen atoms in total. The Kier molecular flexibility index (Phi) is 12.5. The second-order valence-electron chi connectivity index (χ2n) is 5.62. The number of methoxy groups -OCH3 is 2. The van der Waals surface area contributed by atoms with E-state index in [1.807, 2.05) is 18.2 Å². The lowest BCUT2D eigenvalue weighted by Crippen LogP contribution is -2.41. The SMILES string of the molecule is CCCCCC(C)NC(=NC)NCc1cccc(OC)c1OC.I. The zero-order valence-electron chi connectivity index (χ0n) is 15.5. The molecule has 24 heavy (non-hydrogen) atoms. The summed E-state index contributed by atoms with van der Waals surface area (Å²) >= 11 is 0. The molecule has 0 bridgehead atoms. The summed E-state index contributed by atoms with van der Waals surface area (Å²) in [7, 11) is 5.09. The molecule has 1 atom stereocenters. The summed E-state index contributed by atoms with van der Waals surface area (Å²) in [4.78, 5) is 4.29. The number of unbranched alkanes of at least 4 members (excludes halogenated alkanes) is 2. The standard InChI is InChI=1S/C18H31N3O2.HI/c1-6-7-8-10-14(2)21-18(19-3)20-13-15-11-9-12-16(22-4)17(15)23-5;/h9,11-12,14H,6-8,10,13H2,1-5H3,(H2,19,20,21);1H. The summed E-state index contributed by atoms with van der Waals surface area (Å²) in [5.41, 5.74) is 1.04. The second-order valence-corrected chi connectivity index (χ2v) is 5.62. The van der Waals surface area contributed by atoms with Crippen LogP contribution >= 0.6 is 24.0 Å². The highest BCUT2D eigenvalue weighted by Gasteiger charge is 2.10. The van der Waals surface area contributed by atoms with Crippen molar-refractivity contribution in [1.82, 2.24) is 10.6 Å². The van der Waals surface area contributed by atoms with Gasteiger partial charge in [0, 0.05) is 25.2 Å². The number of hydrogen-bond acceptors (Lipinski definition) is 3. The molecule has 138 valence electrons. The Hall–Kier alpha value is -1.18. The Morgan fingerprint density at radius 2 is 1.96 bits per heavy atom. The zero-order valence-corrected chi connectivity index (χ0v) is 17.8. The molecule has 0 aliphatic heterocycles. The summed E-state index contributed by atoms with van der Waals surface area (Å²) in [6.07, 6.45) is 4.91. The Morgan fingerprint density at radius 3 is 2.54 bits per heavy atom. The molecule has 1 aromatic rings. The fraction of sp³-hybridized carbons (Fsp3) is 0.611. The molecule has 0 aromatic heterocycles. The van der Waals surface area contributed by atoms with Crippen LogP contribution < -0.4 is 20.1 Å². The second kappa shape index (κ2) is 13.1. The number of hydrogen-bond donors (Lipinski definition) is 2. The van der Waals surface area contributed by atoms with E-state index in [1.165, 1.54) is 19.3 Å². The first-order chi connectivity index (χ1) is 11.2. The minimum absolute atomic E-state index is 0. The molecule has 0 aliphatic rings. The summed E-state index contributed by atoms with van der Waals surface area (Å²) in [5, 5.41) is 6.77. The summed E-state index contributed by atoms with van der Waals surface area (Å²) < 4.78 is 10.8. The van der Waals surface area contributed by atoms with E-state index in [0.29, 0.717) is 12.6 Å². The van der Waals surface area contributed by atoms with E-state index < -0.39 is 0 Å². The number of para-hydroxylation sites is 1. The highest BCUT2D eigenvalue weighted by atomic mass is 127. The van der Waals surface area contributed by atoms with Crippen LogP contribution in [0.4, 0.5) is 0 Å². The lowest BCUT2D eigenvalue weighted by atomic mass is 10.1. The average molecular weight is 449 g/mol. The molecule has 6 heteroatoms. The van der Waals surface area contributed by atoms with Gasteiger partial charge < -0.3 is 20.1 Å². The fourth-order valence-corrected chi connectivity index (χ4v) is 2.47. The van der Waals surface area contributed by atoms with Gasteiger partial charge >= 0.3 is 0 Å². The maximum atomic E-state index is 5.45. The number of aliphatic imine (C=N–C) groups is 1. The summed E-state index contributed by atoms with van der Waals surface area (Å²) in [6, 6.07) is 6.28. The van der Waals surface area contributed by atoms with Crippen molar-refractivity contribution in [3.05, 3.63) is 23.8 Å². The molecular weight excluding hydrogens is 417 g/mol. The lowest BCUT2D eigenvalue weighted by molar-refractivity contribution is 0.351. The fourth-order valence-electron chi connectivity index (χ4n) is 2.47. The molecule has 0 saturated heterocycles. The summed E-state index contributed by atoms with van der Waals surface area (Å²) in [6.45, 7) is 5.04. The van der Waals surface area contributed by atoms with Crippen molar-refractivity contribution in [2.75, 3.05) is 21.3 Å². The zero-order chi connectivity index (χ0) is 17.1. The molecule has 1 aromatic carbocycles. The number of ether oxygens (including phenoxy) is 2. The third kappa shape index (κ3) is 7.59. The predicted octanol–water partition coefficient (Wildman–Crippen LogP) is 3.96. The Balaban J connectivity index is 0.00000529. The maximum absolute atomic E-state index is 5.45. The van der Waals surface area contributed by atoms with Crippen LogP contribution in [-0.2, 0) is 6.54 Å². The highest BCUT2D eigenvalue weighted by Crippen LogP contribution is 2.30. The van der Waals surface area contributed by atoms with Gasteiger partial charge in [-0.05, 0) is 19.4 Å². The monoisotopic (exact) mass is 449 g/mol. The van der Waals surface area contributed by atoms with Crippen molar-refractivity contribution in [2.24, 2.45) is 4.99 Å². The Morgan fingerprint density at radius 1 is 1.21 bits per heavy atom. The quantitative estimate of drug-likeness (QED) is 0.260. The van der Waals surface area contributed by atoms with Crippen LogP contribution in [0, 0.1) is 0 Å². The van der Waals surface area contributed by atoms with Crippen molar-refractivity contribution in [1.29, 1.82) is 0 Å². The molecule has 0 amide bonds. The lowest BCUT2D eigenvalue weighted by Gasteiger charge is -2.19. The van der Waals surface area contributed by atoms with Crippen LogP contribution in [0.2, 0.25) is 0 Å². The molecule has 0 spiro atoms. The van der Waals surface area contributed by atoms with Crippen LogP contribution in [-0.4, -0.2) is 33.3 Å². The van der Waals surface area contributed by atoms with Gasteiger partial charge in [-0.25, -0.2) is 0 Å². The molecule has 1 unspecified atom stereocenters. The van der Waals surface area contributed by atoms with E-state index >= 15 is 0 Å². The third-order valence-corrected chi connectivity index (χ3v) is 3.78. The van der Waals surface area contributed by atoms with Gasteiger partial charge in [-0.1, -0.05) is 38.3 Å². The van der Waals surface area contributed by atoms with Gasteiger partial charge in [-0.15, -0.1) is 24.0 Å². The predicted molar refractivity (Wildman–Crippen MR) is 112 cm³/mol. The van der Waals surface area contributed by atoms with E-state index in [2.05, 4.69) is 29.5 Å². The topological polar surface area (TPSA) is 54.9 Å². The van der Waals surface area contributed by atoms with Gasteiger partial charge in [0.15, 0.2) is 17.5 Å². The largest absolute Gasteiger partial charge is 0.493 e. The third-order valence-electron chi connectivity index (χ3n) is 3.78. The number of benzene rings is 1. The Labute approximate surface area is 163 Å². The first-order valence-corrected chi connectivity index (χ1v) is 8.33. The van der Waals surface area contributed by atoms with Crippen molar-refractivity contribution in [2.45, 2.75) is 52.1 Å². The molecule has 0 aliphatic carbocycles. The van der Waals surface area contributed by atoms with Gasteiger partial charge in [0.1, 0.15) is 0 Å². The summed E-state index contributed by atoms with van der Waals surface area (Å²) in [5.74, 6) is 2.30. The van der Waals surface area contributed by atoms with Crippen molar-refractivity contribution in [3.8, 4) is 11.5 Å². The number of nitrogens with zero attached hydrogens (tertiary/aromatic N) is 1. The molecule has 0 saturated carbocycles. The van der Waals surface area contributed by atoms with Crippen LogP contribution in [0.5, 0.6) is 11.5 Å². The Bertz CT molecular complexity index is 495. The van der Waals surface area contributed by atoms with Crippen LogP contribution in [0.15, 0.2) is 23.2 Å². The minimum atomic E-state index is 0. The van der Waals surface area contributed by atoms with Crippen LogP contribution in [0.25, 0.3) is 0 Å². The number of guanidine groups is 1. The normalized spacial score (nSPS) is 12.1. The van der Waals surface area contributed by atoms with Gasteiger partial charge in [-0.2, -0.15) is 0 Å². The van der Waals surface area contributed by atoms with Crippen LogP contribution in [0.1, 0.15) is 45.1 Å². The average Bonchev–Trinajstić information content (AvgIpc) is 2.58. The van der Waals surface area contributed by atoms with E-state index in [4.69, 9.17) is 9.47 Å². The van der Waals surface area contributed by atoms with Gasteiger partial charge in [0.2, 0.25) is 0 Å². The first kappa shape index (κ1) is 22.8. The molecule has 1 rings (SSSR count). The van der Waals surface area contributed by atoms with Gasteiger partial charge in [-0.3, -0.25) is 4.99 Å². The van der Waals surface area contributed by atoms with E-state index in [1.54, 1.807) is 21.3 Å². The van der Waals surface area contributed by atoms with Gasteiger partial charge in [0.25, 0.3) is 0 Å². The smallest absolute Gasteiger partial charge is 0.191 e. The first-order valence-electron chi connectivity index (χ1n) is 8.33. The molecule has 0 radical (unpaired) electrons. The van der Waals surface area contributed by atoms with Crippen LogP contribution in [0.3, 0.4) is 0 Å². The number of halogens is 1. The van der Waals surface area contributed by atoms with E-state index in [-0.39, 0.29) is 24.0 Å². The van der Waals surface area contributed by atoms with Crippen molar-refractivity contribution >= 4 is 29.9 Å². The molecule has 2 N–H and O–H groups in total. The van der Waals surface area contributed by atoms with E-state index in [9.17, 15) is 0 Å². The highest BCUT2D eigenvalue weighted by molar-refractivity contribution is 14.0. The van der Waals surface area contributed by atoms with E-state index in [0.717, 1.165) is 29.4 Å². The van der Waals surface area contributed by atoms with Gasteiger partial charge in [0.05, 0.1) is 14.2 Å². The number of rotatable bonds is 9. The number of nitrogens with one attached hydrogen (secondary N) is 2. The molecular formula is C18H32IN3O2.